The minimum absolute atomic E-state index is 0.0529. The first-order valence-electron chi connectivity index (χ1n) is 8.59. The molecule has 134 valence electrons. The Bertz CT molecular complexity index is 906. The molecular formula is C16H19N3O5S. The van der Waals surface area contributed by atoms with Crippen LogP contribution >= 0.6 is 0 Å². The van der Waals surface area contributed by atoms with Crippen LogP contribution in [0.2, 0.25) is 0 Å². The fraction of sp³-hybridized carbons (Fsp3) is 0.625. The van der Waals surface area contributed by atoms with Crippen LogP contribution in [0.5, 0.6) is 0 Å². The van der Waals surface area contributed by atoms with Crippen LogP contribution < -0.4 is 0 Å². The van der Waals surface area contributed by atoms with Crippen LogP contribution in [0.15, 0.2) is 21.5 Å². The van der Waals surface area contributed by atoms with Crippen molar-refractivity contribution in [2.75, 3.05) is 13.1 Å². The van der Waals surface area contributed by atoms with E-state index in [1.54, 1.807) is 12.5 Å². The van der Waals surface area contributed by atoms with Gasteiger partial charge in [-0.3, -0.25) is 4.55 Å². The van der Waals surface area contributed by atoms with Gasteiger partial charge in [0, 0.05) is 24.9 Å². The van der Waals surface area contributed by atoms with Gasteiger partial charge in [0.25, 0.3) is 0 Å². The summed E-state index contributed by atoms with van der Waals surface area (Å²) in [6.45, 7) is 0.695. The first kappa shape index (κ1) is 15.5. The van der Waals surface area contributed by atoms with E-state index < -0.39 is 10.3 Å². The lowest BCUT2D eigenvalue weighted by Crippen LogP contribution is -2.39. The molecule has 0 unspecified atom stereocenters. The van der Waals surface area contributed by atoms with Crippen molar-refractivity contribution in [3.05, 3.63) is 24.1 Å². The Hall–Kier alpha value is -1.71. The quantitative estimate of drug-likeness (QED) is 0.829. The van der Waals surface area contributed by atoms with Gasteiger partial charge in [0.2, 0.25) is 0 Å². The second-order valence-electron chi connectivity index (χ2n) is 7.45. The lowest BCUT2D eigenvalue weighted by Gasteiger charge is -2.29. The number of rotatable bonds is 4. The normalized spacial score (nSPS) is 26.2. The van der Waals surface area contributed by atoms with Gasteiger partial charge in [-0.2, -0.15) is 12.7 Å². The SMILES string of the molecule is O=S(=O)(O)N1CCC2(CC1)C[C@H]2c1nc(-c2conc2C2CC2)co1. The lowest BCUT2D eigenvalue weighted by atomic mass is 9.92. The third kappa shape index (κ3) is 2.61. The van der Waals surface area contributed by atoms with Gasteiger partial charge in [0.1, 0.15) is 18.2 Å². The predicted octanol–water partition coefficient (Wildman–Crippen LogP) is 2.58. The average Bonchev–Trinajstić information content (AvgIpc) is 3.41. The summed E-state index contributed by atoms with van der Waals surface area (Å²) in [5.74, 6) is 1.40. The zero-order chi connectivity index (χ0) is 17.2. The third-order valence-electron chi connectivity index (χ3n) is 5.89. The van der Waals surface area contributed by atoms with Crippen LogP contribution in [-0.2, 0) is 10.3 Å². The van der Waals surface area contributed by atoms with E-state index >= 15 is 0 Å². The van der Waals surface area contributed by atoms with Gasteiger partial charge in [-0.1, -0.05) is 5.16 Å². The second-order valence-corrected chi connectivity index (χ2v) is 8.87. The summed E-state index contributed by atoms with van der Waals surface area (Å²) in [6, 6.07) is 0. The lowest BCUT2D eigenvalue weighted by molar-refractivity contribution is 0.230. The van der Waals surface area contributed by atoms with Gasteiger partial charge in [-0.25, -0.2) is 4.98 Å². The molecule has 5 rings (SSSR count). The maximum Gasteiger partial charge on any atom is 0.335 e. The van der Waals surface area contributed by atoms with Crippen LogP contribution in [0, 0.1) is 5.41 Å². The average molecular weight is 365 g/mol. The molecule has 3 fully saturated rings. The molecule has 2 aromatic heterocycles. The molecule has 25 heavy (non-hydrogen) atoms. The molecule has 0 radical (unpaired) electrons. The van der Waals surface area contributed by atoms with Crippen LogP contribution in [-0.4, -0.2) is 40.5 Å². The van der Waals surface area contributed by atoms with Crippen molar-refractivity contribution in [2.45, 2.75) is 43.9 Å². The van der Waals surface area contributed by atoms with E-state index in [0.717, 1.165) is 53.4 Å². The van der Waals surface area contributed by atoms with E-state index in [0.29, 0.717) is 24.9 Å². The largest absolute Gasteiger partial charge is 0.448 e. The van der Waals surface area contributed by atoms with Crippen molar-refractivity contribution in [2.24, 2.45) is 5.41 Å². The summed E-state index contributed by atoms with van der Waals surface area (Å²) in [5.41, 5.74) is 2.69. The number of hydrogen-bond donors (Lipinski definition) is 1. The van der Waals surface area contributed by atoms with Crippen LogP contribution in [0.3, 0.4) is 0 Å². The van der Waals surface area contributed by atoms with Crippen molar-refractivity contribution in [3.8, 4) is 11.3 Å². The molecule has 0 bridgehead atoms. The monoisotopic (exact) mass is 365 g/mol. The number of oxazole rings is 1. The zero-order valence-electron chi connectivity index (χ0n) is 13.6. The van der Waals surface area contributed by atoms with Gasteiger partial charge in [0.05, 0.1) is 11.3 Å². The minimum Gasteiger partial charge on any atom is -0.448 e. The molecule has 1 N–H and O–H groups in total. The molecule has 1 spiro atoms. The van der Waals surface area contributed by atoms with Crippen molar-refractivity contribution in [1.29, 1.82) is 0 Å². The summed E-state index contributed by atoms with van der Waals surface area (Å²) >= 11 is 0. The van der Waals surface area contributed by atoms with E-state index in [2.05, 4.69) is 10.1 Å². The zero-order valence-corrected chi connectivity index (χ0v) is 14.4. The summed E-state index contributed by atoms with van der Waals surface area (Å²) < 4.78 is 43.6. The Balaban J connectivity index is 1.32. The molecule has 3 aliphatic rings. The molecule has 8 nitrogen and oxygen atoms in total. The molecule has 2 saturated carbocycles. The van der Waals surface area contributed by atoms with Crippen LogP contribution in [0.25, 0.3) is 11.3 Å². The van der Waals surface area contributed by atoms with Gasteiger partial charge >= 0.3 is 10.3 Å². The molecule has 2 aliphatic carbocycles. The Kier molecular flexibility index (Phi) is 3.20. The Labute approximate surface area is 145 Å². The van der Waals surface area contributed by atoms with Gasteiger partial charge in [0.15, 0.2) is 5.89 Å². The van der Waals surface area contributed by atoms with Crippen molar-refractivity contribution in [3.63, 3.8) is 0 Å². The molecule has 0 aromatic carbocycles. The molecule has 1 saturated heterocycles. The Morgan fingerprint density at radius 1 is 1.24 bits per heavy atom. The highest BCUT2D eigenvalue weighted by molar-refractivity contribution is 7.83. The van der Waals surface area contributed by atoms with E-state index in [9.17, 15) is 8.42 Å². The first-order valence-corrected chi connectivity index (χ1v) is 9.99. The van der Waals surface area contributed by atoms with E-state index in [1.807, 2.05) is 0 Å². The molecule has 9 heteroatoms. The standard InChI is InChI=1S/C16H19N3O5S/c20-25(21,22)19-5-3-16(4-6-19)7-12(16)15-17-13(9-23-15)11-8-24-18-14(11)10-1-2-10/h8-10,12H,1-7H2,(H,20,21,22)/t12-/m0/s1. The van der Waals surface area contributed by atoms with E-state index in [4.69, 9.17) is 13.5 Å². The topological polar surface area (TPSA) is 110 Å². The number of aromatic nitrogens is 2. The summed E-state index contributed by atoms with van der Waals surface area (Å²) in [7, 11) is -4.09. The molecule has 1 aliphatic heterocycles. The second kappa shape index (κ2) is 5.15. The molecule has 3 heterocycles. The van der Waals surface area contributed by atoms with Crippen molar-refractivity contribution < 1.29 is 21.9 Å². The summed E-state index contributed by atoms with van der Waals surface area (Å²) in [4.78, 5) is 4.66. The van der Waals surface area contributed by atoms with Crippen molar-refractivity contribution >= 4 is 10.3 Å². The smallest absolute Gasteiger partial charge is 0.335 e. The van der Waals surface area contributed by atoms with Gasteiger partial charge in [-0.15, -0.1) is 0 Å². The van der Waals surface area contributed by atoms with Crippen LogP contribution in [0.4, 0.5) is 0 Å². The maximum atomic E-state index is 11.2. The van der Waals surface area contributed by atoms with Gasteiger partial charge < -0.3 is 8.94 Å². The van der Waals surface area contributed by atoms with E-state index in [-0.39, 0.29) is 11.3 Å². The molecule has 0 amide bonds. The minimum atomic E-state index is -4.09. The third-order valence-corrected chi connectivity index (χ3v) is 6.91. The Morgan fingerprint density at radius 3 is 2.68 bits per heavy atom. The summed E-state index contributed by atoms with van der Waals surface area (Å²) in [5, 5.41) is 4.10. The fourth-order valence-electron chi connectivity index (χ4n) is 4.07. The van der Waals surface area contributed by atoms with E-state index in [1.165, 1.54) is 0 Å². The highest BCUT2D eigenvalue weighted by Gasteiger charge is 2.58. The van der Waals surface area contributed by atoms with Gasteiger partial charge in [-0.05, 0) is 37.5 Å². The highest BCUT2D eigenvalue weighted by atomic mass is 32.2. The molecular weight excluding hydrogens is 346 g/mol. The van der Waals surface area contributed by atoms with Crippen LogP contribution in [0.1, 0.15) is 55.5 Å². The summed E-state index contributed by atoms with van der Waals surface area (Å²) in [6.07, 6.45) is 7.95. The predicted molar refractivity (Wildman–Crippen MR) is 86.1 cm³/mol. The molecule has 2 aromatic rings. The number of piperidine rings is 1. The van der Waals surface area contributed by atoms with Crippen molar-refractivity contribution in [1.82, 2.24) is 14.4 Å². The Morgan fingerprint density at radius 2 is 2.00 bits per heavy atom. The number of nitrogens with zero attached hydrogens (tertiary/aromatic N) is 3. The first-order chi connectivity index (χ1) is 12.0. The number of hydrogen-bond acceptors (Lipinski definition) is 6. The highest BCUT2D eigenvalue weighted by Crippen LogP contribution is 2.64. The maximum absolute atomic E-state index is 11.2. The fourth-order valence-corrected chi connectivity index (χ4v) is 4.72. The molecule has 1 atom stereocenters.